The average Bonchev–Trinajstić information content (AvgIpc) is 3.91. The van der Waals surface area contributed by atoms with E-state index in [4.69, 9.17) is 0 Å². The molecule has 0 bridgehead atoms. The number of benzene rings is 13. The van der Waals surface area contributed by atoms with Gasteiger partial charge in [-0.1, -0.05) is 231 Å². The van der Waals surface area contributed by atoms with Crippen LogP contribution in [0, 0.1) is 0 Å². The summed E-state index contributed by atoms with van der Waals surface area (Å²) in [7, 11) is 0. The molecule has 0 atom stereocenters. The number of hydrogen-bond acceptors (Lipinski definition) is 1. The lowest BCUT2D eigenvalue weighted by Crippen LogP contribution is -2.26. The summed E-state index contributed by atoms with van der Waals surface area (Å²) in [6.07, 6.45) is 0. The maximum Gasteiger partial charge on any atom is 0.0726 e. The minimum absolute atomic E-state index is 0.529. The van der Waals surface area contributed by atoms with Gasteiger partial charge in [-0.25, -0.2) is 0 Å². The maximum absolute atomic E-state index is 2.60. The molecule has 13 aromatic rings. The van der Waals surface area contributed by atoms with Gasteiger partial charge in [-0.2, -0.15) is 0 Å². The van der Waals surface area contributed by atoms with Gasteiger partial charge in [0.2, 0.25) is 0 Å². The smallest absolute Gasteiger partial charge is 0.0726 e. The van der Waals surface area contributed by atoms with Gasteiger partial charge in [-0.05, 0) is 140 Å². The van der Waals surface area contributed by atoms with E-state index in [-0.39, 0.29) is 0 Å². The highest BCUT2D eigenvalue weighted by Gasteiger charge is 2.52. The molecule has 0 heterocycles. The fourth-order valence-corrected chi connectivity index (χ4v) is 12.7. The number of nitrogens with zero attached hydrogens (tertiary/aromatic N) is 1. The molecule has 324 valence electrons. The van der Waals surface area contributed by atoms with Gasteiger partial charge in [0.1, 0.15) is 0 Å². The molecular weight excluding hydrogens is 843 g/mol. The van der Waals surface area contributed by atoms with Gasteiger partial charge < -0.3 is 4.90 Å². The summed E-state index contributed by atoms with van der Waals surface area (Å²) in [6, 6.07) is 97.9. The van der Waals surface area contributed by atoms with E-state index in [9.17, 15) is 0 Å². The molecule has 1 spiro atoms. The van der Waals surface area contributed by atoms with Crippen LogP contribution in [-0.2, 0) is 5.41 Å². The Morgan fingerprint density at radius 1 is 0.229 bits per heavy atom. The van der Waals surface area contributed by atoms with Crippen molar-refractivity contribution >= 4 is 70.9 Å². The van der Waals surface area contributed by atoms with E-state index in [1.165, 1.54) is 115 Å². The van der Waals surface area contributed by atoms with Crippen LogP contribution in [0.2, 0.25) is 0 Å². The van der Waals surface area contributed by atoms with E-state index in [0.29, 0.717) is 0 Å². The summed E-state index contributed by atoms with van der Waals surface area (Å²) in [5, 5.41) is 12.4. The molecule has 15 rings (SSSR count). The van der Waals surface area contributed by atoms with E-state index < -0.39 is 5.41 Å². The van der Waals surface area contributed by atoms with Gasteiger partial charge in [0.15, 0.2) is 0 Å². The van der Waals surface area contributed by atoms with Crippen molar-refractivity contribution in [1.82, 2.24) is 0 Å². The summed E-state index contributed by atoms with van der Waals surface area (Å²) in [6.45, 7) is 0. The lowest BCUT2D eigenvalue weighted by atomic mass is 9.70. The monoisotopic (exact) mass is 885 g/mol. The molecule has 2 aliphatic rings. The lowest BCUT2D eigenvalue weighted by molar-refractivity contribution is 0.794. The lowest BCUT2D eigenvalue weighted by Gasteiger charge is -2.34. The predicted molar refractivity (Wildman–Crippen MR) is 296 cm³/mol. The molecule has 1 nitrogen and oxygen atoms in total. The van der Waals surface area contributed by atoms with Crippen LogP contribution in [0.1, 0.15) is 22.3 Å². The van der Waals surface area contributed by atoms with Crippen molar-refractivity contribution in [1.29, 1.82) is 0 Å². The Kier molecular flexibility index (Phi) is 8.35. The van der Waals surface area contributed by atoms with Crippen LogP contribution in [0.25, 0.3) is 98.4 Å². The minimum Gasteiger partial charge on any atom is -0.309 e. The van der Waals surface area contributed by atoms with E-state index in [0.717, 1.165) is 22.6 Å². The summed E-state index contributed by atoms with van der Waals surface area (Å²) in [5.41, 5.74) is 18.0. The summed E-state index contributed by atoms with van der Waals surface area (Å²) < 4.78 is 0. The third kappa shape index (κ3) is 5.43. The zero-order chi connectivity index (χ0) is 45.9. The molecule has 0 saturated carbocycles. The molecule has 0 amide bonds. The van der Waals surface area contributed by atoms with Crippen molar-refractivity contribution in [3.8, 4) is 44.5 Å². The number of fused-ring (bicyclic) bond motifs is 19. The van der Waals surface area contributed by atoms with Gasteiger partial charge in [-0.15, -0.1) is 0 Å². The minimum atomic E-state index is -0.529. The normalized spacial score (nSPS) is 13.0. The quantitative estimate of drug-likeness (QED) is 0.156. The molecule has 1 heteroatoms. The van der Waals surface area contributed by atoms with Gasteiger partial charge in [-0.3, -0.25) is 0 Å². The first-order valence-corrected chi connectivity index (χ1v) is 24.4. The van der Waals surface area contributed by atoms with Crippen molar-refractivity contribution in [2.75, 3.05) is 4.90 Å². The highest BCUT2D eigenvalue weighted by molar-refractivity contribution is 6.26. The first kappa shape index (κ1) is 39.0. The molecule has 70 heavy (non-hydrogen) atoms. The Morgan fingerprint density at radius 3 is 1.29 bits per heavy atom. The molecule has 2 aliphatic carbocycles. The number of anilines is 3. The third-order valence-corrected chi connectivity index (χ3v) is 15.6. The highest BCUT2D eigenvalue weighted by atomic mass is 15.1. The van der Waals surface area contributed by atoms with Crippen LogP contribution in [0.5, 0.6) is 0 Å². The van der Waals surface area contributed by atoms with Gasteiger partial charge >= 0.3 is 0 Å². The Morgan fingerprint density at radius 2 is 0.671 bits per heavy atom. The molecule has 0 aromatic heterocycles. The molecule has 0 radical (unpaired) electrons. The summed E-state index contributed by atoms with van der Waals surface area (Å²) in [5.74, 6) is 0. The van der Waals surface area contributed by atoms with E-state index in [1.54, 1.807) is 0 Å². The van der Waals surface area contributed by atoms with Crippen LogP contribution in [0.15, 0.2) is 261 Å². The molecule has 0 unspecified atom stereocenters. The zero-order valence-corrected chi connectivity index (χ0v) is 38.3. The average molecular weight is 886 g/mol. The highest BCUT2D eigenvalue weighted by Crippen LogP contribution is 2.64. The van der Waals surface area contributed by atoms with Crippen LogP contribution >= 0.6 is 0 Å². The molecule has 0 fully saturated rings. The second-order valence-corrected chi connectivity index (χ2v) is 19.1. The summed E-state index contributed by atoms with van der Waals surface area (Å²) in [4.78, 5) is 2.60. The fourth-order valence-electron chi connectivity index (χ4n) is 12.7. The van der Waals surface area contributed by atoms with Crippen LogP contribution < -0.4 is 4.90 Å². The van der Waals surface area contributed by atoms with E-state index >= 15 is 0 Å². The van der Waals surface area contributed by atoms with Crippen LogP contribution in [0.4, 0.5) is 17.1 Å². The van der Waals surface area contributed by atoms with Crippen molar-refractivity contribution < 1.29 is 0 Å². The first-order chi connectivity index (χ1) is 34.7. The van der Waals surface area contributed by atoms with E-state index in [2.05, 4.69) is 266 Å². The SMILES string of the molecule is c1ccc(-c2ccc(-c3cc4c(cc3N(c3ccc5c6ccccc6c6ccccc6c5c3)c3cc5ccccc5c5ccccc35)C3(c5ccccc5-c5ccccc53)c3ccccc3-4)cc2)cc1. The maximum atomic E-state index is 2.60. The standard InChI is InChI=1S/C69H43N/c1-2-18-44(19-3-1)45-34-36-46(37-35-45)60-42-62-58-29-14-17-33-65(58)69(63-31-15-12-27-56(63)57-28-13-16-32-64(57)69)66(62)43-68(60)70(67-40-47-20-4-5-21-49(47)50-22-10-11-30-59(50)67)48-38-39-55-53-25-7-6-23-51(53)52-24-8-9-26-54(52)61(55)41-48/h1-43H. The van der Waals surface area contributed by atoms with E-state index in [1.807, 2.05) is 0 Å². The second kappa shape index (κ2) is 15.0. The van der Waals surface area contributed by atoms with Crippen molar-refractivity contribution in [3.63, 3.8) is 0 Å². The van der Waals surface area contributed by atoms with Crippen LogP contribution in [-0.4, -0.2) is 0 Å². The Bertz CT molecular complexity index is 4210. The topological polar surface area (TPSA) is 3.24 Å². The Labute approximate surface area is 406 Å². The Hall–Kier alpha value is -9.04. The van der Waals surface area contributed by atoms with Gasteiger partial charge in [0.25, 0.3) is 0 Å². The van der Waals surface area contributed by atoms with Crippen molar-refractivity contribution in [2.45, 2.75) is 5.41 Å². The van der Waals surface area contributed by atoms with Gasteiger partial charge in [0, 0.05) is 16.6 Å². The van der Waals surface area contributed by atoms with Gasteiger partial charge in [0.05, 0.1) is 16.8 Å². The van der Waals surface area contributed by atoms with Crippen molar-refractivity contribution in [2.24, 2.45) is 0 Å². The first-order valence-electron chi connectivity index (χ1n) is 24.4. The molecule has 0 N–H and O–H groups in total. The molecule has 0 aliphatic heterocycles. The fraction of sp³-hybridized carbons (Fsp3) is 0.0145. The third-order valence-electron chi connectivity index (χ3n) is 15.6. The summed E-state index contributed by atoms with van der Waals surface area (Å²) >= 11 is 0. The predicted octanol–water partition coefficient (Wildman–Crippen LogP) is 18.6. The second-order valence-electron chi connectivity index (χ2n) is 19.1. The molecular formula is C69H43N. The van der Waals surface area contributed by atoms with Crippen LogP contribution in [0.3, 0.4) is 0 Å². The number of hydrogen-bond donors (Lipinski definition) is 0. The van der Waals surface area contributed by atoms with Crippen molar-refractivity contribution in [3.05, 3.63) is 283 Å². The number of rotatable bonds is 5. The molecule has 0 saturated heterocycles. The Balaban J connectivity index is 1.10. The zero-order valence-electron chi connectivity index (χ0n) is 38.3. The molecule has 13 aromatic carbocycles. The largest absolute Gasteiger partial charge is 0.309 e.